The molecule has 1 aromatic heterocycles. The van der Waals surface area contributed by atoms with Crippen molar-refractivity contribution >= 4 is 21.6 Å². The number of nitriles is 1. The third kappa shape index (κ3) is 6.30. The molecule has 2 N–H and O–H groups in total. The molecule has 0 aliphatic heterocycles. The molecule has 0 saturated carbocycles. The summed E-state index contributed by atoms with van der Waals surface area (Å²) in [6.45, 7) is 1.07. The highest BCUT2D eigenvalue weighted by molar-refractivity contribution is 7.89. The van der Waals surface area contributed by atoms with E-state index >= 15 is 0 Å². The number of benzene rings is 1. The van der Waals surface area contributed by atoms with Crippen LogP contribution in [0.25, 0.3) is 0 Å². The molecule has 0 aliphatic carbocycles. The van der Waals surface area contributed by atoms with Crippen molar-refractivity contribution in [1.82, 2.24) is 9.29 Å². The Balaban J connectivity index is 0.00000450. The molecule has 2 aromatic rings. The van der Waals surface area contributed by atoms with Gasteiger partial charge < -0.3 is 9.88 Å². The maximum Gasteiger partial charge on any atom is 0.390 e. The molecule has 164 valence electrons. The Labute approximate surface area is 171 Å². The van der Waals surface area contributed by atoms with Gasteiger partial charge in [0.25, 0.3) is 5.91 Å². The zero-order valence-electron chi connectivity index (χ0n) is 15.2. The molecule has 12 heteroatoms. The first-order chi connectivity index (χ1) is 13.3. The summed E-state index contributed by atoms with van der Waals surface area (Å²) >= 11 is 0. The van der Waals surface area contributed by atoms with E-state index in [4.69, 9.17) is 5.26 Å². The van der Waals surface area contributed by atoms with Crippen molar-refractivity contribution in [2.75, 3.05) is 5.32 Å². The number of aromatic nitrogens is 1. The van der Waals surface area contributed by atoms with Crippen LogP contribution in [-0.2, 0) is 17.1 Å². The second kappa shape index (κ2) is 9.27. The number of hydrogen-bond acceptors (Lipinski definition) is 4. The Morgan fingerprint density at radius 3 is 2.50 bits per heavy atom. The van der Waals surface area contributed by atoms with E-state index in [-0.39, 0.29) is 24.4 Å². The van der Waals surface area contributed by atoms with Crippen LogP contribution in [0, 0.1) is 17.1 Å². The van der Waals surface area contributed by atoms with E-state index in [1.54, 1.807) is 6.07 Å². The molecule has 1 heterocycles. The zero-order valence-corrected chi connectivity index (χ0v) is 16.0. The van der Waals surface area contributed by atoms with Crippen LogP contribution < -0.4 is 10.0 Å². The number of nitrogens with one attached hydrogen (secondary N) is 2. The molecule has 0 aliphatic rings. The molecule has 1 unspecified atom stereocenters. The van der Waals surface area contributed by atoms with E-state index in [1.807, 2.05) is 4.72 Å². The zero-order chi connectivity index (χ0) is 22.0. The van der Waals surface area contributed by atoms with Crippen LogP contribution in [0.5, 0.6) is 0 Å². The summed E-state index contributed by atoms with van der Waals surface area (Å²) in [5.74, 6) is -1.52. The van der Waals surface area contributed by atoms with Crippen LogP contribution in [0.1, 0.15) is 36.8 Å². The van der Waals surface area contributed by atoms with Crippen molar-refractivity contribution < 1.29 is 30.8 Å². The molecule has 1 aromatic carbocycles. The number of carbonyl (C=O) groups excluding carboxylic acids is 1. The topological polar surface area (TPSA) is 104 Å². The van der Waals surface area contributed by atoms with Crippen molar-refractivity contribution in [3.63, 3.8) is 0 Å². The van der Waals surface area contributed by atoms with Crippen molar-refractivity contribution in [2.24, 2.45) is 7.05 Å². The number of carbonyl (C=O) groups is 1. The largest absolute Gasteiger partial charge is 0.390 e. The van der Waals surface area contributed by atoms with Crippen LogP contribution in [0.2, 0.25) is 0 Å². The second-order valence-corrected chi connectivity index (χ2v) is 7.99. The number of alkyl halides is 3. The first-order valence-corrected chi connectivity index (χ1v) is 9.57. The highest BCUT2D eigenvalue weighted by atomic mass is 32.2. The summed E-state index contributed by atoms with van der Waals surface area (Å²) < 4.78 is 78.2. The summed E-state index contributed by atoms with van der Waals surface area (Å²) in [5.41, 5.74) is -0.298. The Hall–Kier alpha value is -2.91. The third-order valence-electron chi connectivity index (χ3n) is 3.76. The minimum Gasteiger partial charge on any atom is -0.345 e. The minimum atomic E-state index is -4.54. The number of sulfonamides is 1. The number of anilines is 1. The Kier molecular flexibility index (Phi) is 7.76. The Morgan fingerprint density at radius 1 is 1.30 bits per heavy atom. The van der Waals surface area contributed by atoms with Crippen LogP contribution >= 0.6 is 0 Å². The number of hydrogen-bond donors (Lipinski definition) is 2. The molecule has 2 rings (SSSR count). The lowest BCUT2D eigenvalue weighted by atomic mass is 10.2. The van der Waals surface area contributed by atoms with E-state index in [2.05, 4.69) is 5.32 Å². The van der Waals surface area contributed by atoms with Gasteiger partial charge in [0.1, 0.15) is 22.5 Å². The quantitative estimate of drug-likeness (QED) is 0.660. The lowest BCUT2D eigenvalue weighted by Gasteiger charge is -2.15. The fourth-order valence-corrected chi connectivity index (χ4v) is 3.83. The first kappa shape index (κ1) is 25.1. The molecular formula is C18H20F4N4O3S. The van der Waals surface area contributed by atoms with E-state index in [0.29, 0.717) is 0 Å². The fraction of sp³-hybridized carbons (Fsp3) is 0.333. The van der Waals surface area contributed by atoms with Crippen LogP contribution in [0.15, 0.2) is 35.4 Å². The van der Waals surface area contributed by atoms with E-state index < -0.39 is 45.3 Å². The highest BCUT2D eigenvalue weighted by Gasteiger charge is 2.32. The predicted octanol–water partition coefficient (Wildman–Crippen LogP) is 3.54. The summed E-state index contributed by atoms with van der Waals surface area (Å²) in [4.78, 5) is 12.0. The van der Waals surface area contributed by atoms with Gasteiger partial charge in [-0.25, -0.2) is 17.5 Å². The smallest absolute Gasteiger partial charge is 0.345 e. The molecule has 0 fully saturated rings. The van der Waals surface area contributed by atoms with Gasteiger partial charge in [-0.2, -0.15) is 18.4 Å². The monoisotopic (exact) mass is 448 g/mol. The van der Waals surface area contributed by atoms with Gasteiger partial charge >= 0.3 is 6.18 Å². The summed E-state index contributed by atoms with van der Waals surface area (Å²) in [7, 11) is -2.93. The average molecular weight is 448 g/mol. The maximum atomic E-state index is 13.4. The number of rotatable bonds is 6. The number of halogens is 4. The van der Waals surface area contributed by atoms with Crippen LogP contribution in [0.4, 0.5) is 23.2 Å². The Morgan fingerprint density at radius 2 is 1.93 bits per heavy atom. The van der Waals surface area contributed by atoms with Crippen molar-refractivity contribution in [3.8, 4) is 6.07 Å². The third-order valence-corrected chi connectivity index (χ3v) is 5.32. The second-order valence-electron chi connectivity index (χ2n) is 6.27. The van der Waals surface area contributed by atoms with Gasteiger partial charge in [0.05, 0.1) is 12.0 Å². The molecule has 1 amide bonds. The minimum absolute atomic E-state index is 0. The van der Waals surface area contributed by atoms with Gasteiger partial charge in [-0.3, -0.25) is 4.79 Å². The highest BCUT2D eigenvalue weighted by Crippen LogP contribution is 2.23. The Bertz CT molecular complexity index is 1070. The fourth-order valence-electron chi connectivity index (χ4n) is 2.51. The van der Waals surface area contributed by atoms with E-state index in [1.165, 1.54) is 17.7 Å². The number of amides is 1. The van der Waals surface area contributed by atoms with E-state index in [0.717, 1.165) is 31.3 Å². The summed E-state index contributed by atoms with van der Waals surface area (Å²) in [6.07, 6.45) is -4.82. The van der Waals surface area contributed by atoms with Crippen LogP contribution in [0.3, 0.4) is 0 Å². The SMILES string of the molecule is C.CC(CC(F)(F)F)NS(=O)(=O)c1cc(C(=O)Nc2ccc(F)c(C#N)c2)n(C)c1. The molecule has 0 radical (unpaired) electrons. The molecular weight excluding hydrogens is 428 g/mol. The summed E-state index contributed by atoms with van der Waals surface area (Å²) in [5, 5.41) is 11.2. The predicted molar refractivity (Wildman–Crippen MR) is 102 cm³/mol. The molecule has 0 spiro atoms. The van der Waals surface area contributed by atoms with Crippen molar-refractivity contribution in [1.29, 1.82) is 5.26 Å². The first-order valence-electron chi connectivity index (χ1n) is 8.09. The molecule has 7 nitrogen and oxygen atoms in total. The average Bonchev–Trinajstić information content (AvgIpc) is 2.97. The lowest BCUT2D eigenvalue weighted by molar-refractivity contribution is -0.137. The van der Waals surface area contributed by atoms with Crippen molar-refractivity contribution in [3.05, 3.63) is 47.5 Å². The van der Waals surface area contributed by atoms with E-state index in [9.17, 15) is 30.8 Å². The number of aryl methyl sites for hydroxylation is 1. The number of nitrogens with zero attached hydrogens (tertiary/aromatic N) is 2. The van der Waals surface area contributed by atoms with Gasteiger partial charge in [-0.15, -0.1) is 0 Å². The standard InChI is InChI=1S/C17H16F4N4O3S.CH4/c1-10(7-17(19,20)21)24-29(27,28)13-6-15(25(2)9-13)16(26)23-12-3-4-14(18)11(5-12)8-22;/h3-6,9-10,24H,7H2,1-2H3,(H,23,26);1H4. The normalized spacial score (nSPS) is 12.6. The van der Waals surface area contributed by atoms with Gasteiger partial charge in [0.2, 0.25) is 10.0 Å². The maximum absolute atomic E-state index is 13.4. The van der Waals surface area contributed by atoms with Crippen LogP contribution in [-0.4, -0.2) is 31.1 Å². The van der Waals surface area contributed by atoms with Crippen molar-refractivity contribution in [2.45, 2.75) is 37.9 Å². The molecule has 1 atom stereocenters. The van der Waals surface area contributed by atoms with Gasteiger partial charge in [-0.05, 0) is 31.2 Å². The summed E-state index contributed by atoms with van der Waals surface area (Å²) in [6, 6.07) is 4.52. The lowest BCUT2D eigenvalue weighted by Crippen LogP contribution is -2.35. The molecule has 30 heavy (non-hydrogen) atoms. The van der Waals surface area contributed by atoms with Gasteiger partial charge in [-0.1, -0.05) is 7.43 Å². The molecule has 0 bridgehead atoms. The molecule has 0 saturated heterocycles. The van der Waals surface area contributed by atoms with Gasteiger partial charge in [0.15, 0.2) is 0 Å². The van der Waals surface area contributed by atoms with Gasteiger partial charge in [0, 0.05) is 25.0 Å².